The number of carbonyl (C=O) groups is 2. The summed E-state index contributed by atoms with van der Waals surface area (Å²) < 4.78 is 1.60. The second-order valence-electron chi connectivity index (χ2n) is 5.96. The monoisotopic (exact) mass is 277 g/mol. The lowest BCUT2D eigenvalue weighted by Gasteiger charge is -2.40. The molecule has 108 valence electrons. The van der Waals surface area contributed by atoms with E-state index in [9.17, 15) is 9.59 Å². The summed E-state index contributed by atoms with van der Waals surface area (Å²) in [6.07, 6.45) is 5.32. The second kappa shape index (κ2) is 4.57. The number of aryl methyl sites for hydroxylation is 1. The molecular formula is C13H19N5O2. The quantitative estimate of drug-likeness (QED) is 0.811. The third-order valence-electron chi connectivity index (χ3n) is 4.35. The van der Waals surface area contributed by atoms with Crippen molar-refractivity contribution in [1.82, 2.24) is 25.2 Å². The molecule has 1 aromatic heterocycles. The highest BCUT2D eigenvalue weighted by Crippen LogP contribution is 2.40. The number of nitrogens with zero attached hydrogens (tertiary/aromatic N) is 4. The predicted octanol–water partition coefficient (Wildman–Crippen LogP) is 0.816. The Labute approximate surface area is 117 Å². The number of hydrogen-bond donors (Lipinski definition) is 1. The van der Waals surface area contributed by atoms with Crippen LogP contribution in [0.5, 0.6) is 0 Å². The van der Waals surface area contributed by atoms with Gasteiger partial charge < -0.3 is 4.90 Å². The third kappa shape index (κ3) is 1.97. The molecule has 2 aliphatic rings. The molecule has 1 saturated heterocycles. The van der Waals surface area contributed by atoms with Gasteiger partial charge in [-0.15, -0.1) is 5.10 Å². The van der Waals surface area contributed by atoms with Crippen molar-refractivity contribution in [3.63, 3.8) is 0 Å². The minimum atomic E-state index is -0.688. The number of nitrogens with one attached hydrogen (secondary N) is 1. The van der Waals surface area contributed by atoms with E-state index in [1.807, 2.05) is 0 Å². The molecule has 0 aromatic carbocycles. The molecule has 7 heteroatoms. The van der Waals surface area contributed by atoms with Gasteiger partial charge in [-0.1, -0.05) is 25.0 Å². The van der Waals surface area contributed by atoms with E-state index in [4.69, 9.17) is 0 Å². The van der Waals surface area contributed by atoms with E-state index in [0.717, 1.165) is 25.7 Å². The average Bonchev–Trinajstić information content (AvgIpc) is 2.88. The predicted molar refractivity (Wildman–Crippen MR) is 70.4 cm³/mol. The Morgan fingerprint density at radius 1 is 1.50 bits per heavy atom. The molecule has 1 aliphatic carbocycles. The number of carbonyl (C=O) groups excluding carboxylic acids is 2. The van der Waals surface area contributed by atoms with Crippen LogP contribution in [-0.4, -0.2) is 37.4 Å². The third-order valence-corrected chi connectivity index (χ3v) is 4.35. The SMILES string of the molecule is CC1CCCC2(C1)C(=O)NC(=O)N2Cc1cn(C)nn1. The van der Waals surface area contributed by atoms with Crippen LogP contribution in [0.4, 0.5) is 4.79 Å². The maximum absolute atomic E-state index is 12.3. The van der Waals surface area contributed by atoms with Gasteiger partial charge in [0.25, 0.3) is 5.91 Å². The number of imide groups is 1. The number of amides is 3. The lowest BCUT2D eigenvalue weighted by atomic mass is 9.75. The molecule has 3 amide bonds. The molecule has 7 nitrogen and oxygen atoms in total. The molecule has 0 bridgehead atoms. The van der Waals surface area contributed by atoms with Crippen molar-refractivity contribution in [3.05, 3.63) is 11.9 Å². The van der Waals surface area contributed by atoms with Gasteiger partial charge in [-0.25, -0.2) is 4.79 Å². The first-order valence-electron chi connectivity index (χ1n) is 6.99. The lowest BCUT2D eigenvalue weighted by Crippen LogP contribution is -2.52. The van der Waals surface area contributed by atoms with Crippen LogP contribution in [0.2, 0.25) is 0 Å². The fourth-order valence-electron chi connectivity index (χ4n) is 3.43. The van der Waals surface area contributed by atoms with Gasteiger partial charge in [0.1, 0.15) is 11.2 Å². The molecule has 1 saturated carbocycles. The molecule has 2 fully saturated rings. The van der Waals surface area contributed by atoms with Crippen LogP contribution in [0.15, 0.2) is 6.20 Å². The summed E-state index contributed by atoms with van der Waals surface area (Å²) in [4.78, 5) is 26.1. The number of hydrogen-bond acceptors (Lipinski definition) is 4. The van der Waals surface area contributed by atoms with Crippen molar-refractivity contribution in [2.75, 3.05) is 0 Å². The molecule has 1 spiro atoms. The second-order valence-corrected chi connectivity index (χ2v) is 5.96. The Bertz CT molecular complexity index is 555. The van der Waals surface area contributed by atoms with Crippen LogP contribution < -0.4 is 5.32 Å². The summed E-state index contributed by atoms with van der Waals surface area (Å²) in [6, 6.07) is -0.310. The first kappa shape index (κ1) is 13.1. The molecule has 0 radical (unpaired) electrons. The smallest absolute Gasteiger partial charge is 0.304 e. The molecule has 1 aromatic rings. The lowest BCUT2D eigenvalue weighted by molar-refractivity contribution is -0.129. The van der Waals surface area contributed by atoms with E-state index < -0.39 is 5.54 Å². The van der Waals surface area contributed by atoms with Crippen molar-refractivity contribution in [1.29, 1.82) is 0 Å². The fraction of sp³-hybridized carbons (Fsp3) is 0.692. The van der Waals surface area contributed by atoms with E-state index in [1.54, 1.807) is 22.8 Å². The van der Waals surface area contributed by atoms with Crippen molar-refractivity contribution in [2.24, 2.45) is 13.0 Å². The van der Waals surface area contributed by atoms with Gasteiger partial charge in [0, 0.05) is 13.2 Å². The molecular weight excluding hydrogens is 258 g/mol. The van der Waals surface area contributed by atoms with E-state index >= 15 is 0 Å². The molecule has 1 aliphatic heterocycles. The summed E-state index contributed by atoms with van der Waals surface area (Å²) in [5.74, 6) is 0.294. The molecule has 2 unspecified atom stereocenters. The van der Waals surface area contributed by atoms with Crippen molar-refractivity contribution in [3.8, 4) is 0 Å². The van der Waals surface area contributed by atoms with Crippen LogP contribution in [0.3, 0.4) is 0 Å². The minimum absolute atomic E-state index is 0.155. The first-order valence-corrected chi connectivity index (χ1v) is 6.99. The van der Waals surface area contributed by atoms with Gasteiger partial charge in [-0.2, -0.15) is 0 Å². The van der Waals surface area contributed by atoms with Crippen LogP contribution in [0.1, 0.15) is 38.3 Å². The van der Waals surface area contributed by atoms with Gasteiger partial charge in [0.05, 0.1) is 6.54 Å². The topological polar surface area (TPSA) is 80.1 Å². The number of rotatable bonds is 2. The van der Waals surface area contributed by atoms with Crippen LogP contribution in [-0.2, 0) is 18.4 Å². The summed E-state index contributed by atoms with van der Waals surface area (Å²) in [7, 11) is 1.78. The highest BCUT2D eigenvalue weighted by atomic mass is 16.2. The number of urea groups is 1. The van der Waals surface area contributed by atoms with E-state index in [-0.39, 0.29) is 11.9 Å². The standard InChI is InChI=1S/C13H19N5O2/c1-9-4-3-5-13(6-9)11(19)14-12(20)18(13)8-10-7-17(2)16-15-10/h7,9H,3-6,8H2,1-2H3,(H,14,19,20). The average molecular weight is 277 g/mol. The maximum Gasteiger partial charge on any atom is 0.325 e. The van der Waals surface area contributed by atoms with Crippen LogP contribution >= 0.6 is 0 Å². The summed E-state index contributed by atoms with van der Waals surface area (Å²) in [5, 5.41) is 10.4. The van der Waals surface area contributed by atoms with Gasteiger partial charge in [-0.05, 0) is 18.8 Å². The van der Waals surface area contributed by atoms with Crippen molar-refractivity contribution >= 4 is 11.9 Å². The fourth-order valence-corrected chi connectivity index (χ4v) is 3.43. The Hall–Kier alpha value is -1.92. The summed E-state index contributed by atoms with van der Waals surface area (Å²) >= 11 is 0. The van der Waals surface area contributed by atoms with E-state index in [1.165, 1.54) is 0 Å². The van der Waals surface area contributed by atoms with Gasteiger partial charge in [0.15, 0.2) is 0 Å². The molecule has 20 heavy (non-hydrogen) atoms. The number of aromatic nitrogens is 3. The Morgan fingerprint density at radius 2 is 2.30 bits per heavy atom. The van der Waals surface area contributed by atoms with Crippen LogP contribution in [0.25, 0.3) is 0 Å². The zero-order chi connectivity index (χ0) is 14.3. The first-order chi connectivity index (χ1) is 9.51. The van der Waals surface area contributed by atoms with Gasteiger partial charge in [-0.3, -0.25) is 14.8 Å². The van der Waals surface area contributed by atoms with Crippen molar-refractivity contribution < 1.29 is 9.59 Å². The molecule has 2 heterocycles. The largest absolute Gasteiger partial charge is 0.325 e. The summed E-state index contributed by atoms with van der Waals surface area (Å²) in [6.45, 7) is 2.47. The highest BCUT2D eigenvalue weighted by molar-refractivity contribution is 6.07. The van der Waals surface area contributed by atoms with Gasteiger partial charge >= 0.3 is 6.03 Å². The van der Waals surface area contributed by atoms with E-state index in [2.05, 4.69) is 22.6 Å². The summed E-state index contributed by atoms with van der Waals surface area (Å²) in [5.41, 5.74) is 0.0154. The zero-order valence-corrected chi connectivity index (χ0v) is 11.8. The highest BCUT2D eigenvalue weighted by Gasteiger charge is 2.54. The molecule has 1 N–H and O–H groups in total. The Morgan fingerprint density at radius 3 is 2.95 bits per heavy atom. The maximum atomic E-state index is 12.3. The normalized spacial score (nSPS) is 30.1. The Balaban J connectivity index is 1.89. The molecule has 3 rings (SSSR count). The van der Waals surface area contributed by atoms with Gasteiger partial charge in [0.2, 0.25) is 0 Å². The molecule has 2 atom stereocenters. The Kier molecular flexibility index (Phi) is 2.99. The van der Waals surface area contributed by atoms with E-state index in [0.29, 0.717) is 18.2 Å². The van der Waals surface area contributed by atoms with Crippen LogP contribution in [0, 0.1) is 5.92 Å². The minimum Gasteiger partial charge on any atom is -0.304 e. The zero-order valence-electron chi connectivity index (χ0n) is 11.8. The van der Waals surface area contributed by atoms with Crippen molar-refractivity contribution in [2.45, 2.75) is 44.7 Å².